The molecule has 2 aromatic carbocycles. The molecule has 6 heteroatoms. The minimum Gasteiger partial charge on any atom is -0.446 e. The lowest BCUT2D eigenvalue weighted by molar-refractivity contribution is -0.126. The summed E-state index contributed by atoms with van der Waals surface area (Å²) < 4.78 is 5.60. The van der Waals surface area contributed by atoms with Crippen LogP contribution in [0.1, 0.15) is 43.7 Å². The summed E-state index contributed by atoms with van der Waals surface area (Å²) in [6, 6.07) is 18.0. The van der Waals surface area contributed by atoms with Crippen molar-refractivity contribution >= 4 is 22.9 Å². The van der Waals surface area contributed by atoms with Gasteiger partial charge in [-0.25, -0.2) is 4.79 Å². The summed E-state index contributed by atoms with van der Waals surface area (Å²) in [5.41, 5.74) is 1.99. The average molecular weight is 434 g/mol. The molecule has 6 nitrogen and oxygen atoms in total. The predicted octanol–water partition coefficient (Wildman–Crippen LogP) is 4.50. The van der Waals surface area contributed by atoms with E-state index in [1.165, 1.54) is 0 Å². The zero-order chi connectivity index (χ0) is 22.4. The highest BCUT2D eigenvalue weighted by Crippen LogP contribution is 2.24. The third kappa shape index (κ3) is 5.31. The molecule has 2 amide bonds. The van der Waals surface area contributed by atoms with Crippen molar-refractivity contribution in [2.75, 3.05) is 6.54 Å². The standard InChI is InChI=1S/C26H31N3O3/c1-26(29-25(31)32-21-11-5-6-12-21,17-20-18-28-23-14-8-7-13-22(20)23)24(30)27-16-15-19-9-3-2-4-10-19/h2-4,7-10,13-14,18,21,28H,5-6,11-12,15-17H2,1H3,(H,27,30)(H,29,31). The van der Waals surface area contributed by atoms with E-state index in [0.717, 1.165) is 54.1 Å². The van der Waals surface area contributed by atoms with Crippen LogP contribution in [0.3, 0.4) is 0 Å². The number of benzene rings is 2. The summed E-state index contributed by atoms with van der Waals surface area (Å²) in [6.45, 7) is 2.26. The highest BCUT2D eigenvalue weighted by Gasteiger charge is 2.37. The van der Waals surface area contributed by atoms with Crippen LogP contribution >= 0.6 is 0 Å². The minimum absolute atomic E-state index is 0.0616. The zero-order valence-electron chi connectivity index (χ0n) is 18.5. The van der Waals surface area contributed by atoms with Crippen LogP contribution in [0.2, 0.25) is 0 Å². The Morgan fingerprint density at radius 2 is 1.78 bits per heavy atom. The van der Waals surface area contributed by atoms with Gasteiger partial charge in [-0.05, 0) is 56.2 Å². The monoisotopic (exact) mass is 433 g/mol. The summed E-state index contributed by atoms with van der Waals surface area (Å²) in [6.07, 6.45) is 6.31. The first-order valence-electron chi connectivity index (χ1n) is 11.4. The van der Waals surface area contributed by atoms with Gasteiger partial charge in [-0.2, -0.15) is 0 Å². The number of rotatable bonds is 8. The molecule has 1 unspecified atom stereocenters. The van der Waals surface area contributed by atoms with Gasteiger partial charge in [-0.15, -0.1) is 0 Å². The normalized spacial score (nSPS) is 15.9. The molecule has 0 bridgehead atoms. The van der Waals surface area contributed by atoms with Gasteiger partial charge in [0.05, 0.1) is 0 Å². The van der Waals surface area contributed by atoms with Gasteiger partial charge >= 0.3 is 6.09 Å². The van der Waals surface area contributed by atoms with Crippen LogP contribution in [0.25, 0.3) is 10.9 Å². The van der Waals surface area contributed by atoms with E-state index in [-0.39, 0.29) is 12.0 Å². The van der Waals surface area contributed by atoms with Crippen LogP contribution in [-0.2, 0) is 22.4 Å². The maximum absolute atomic E-state index is 13.3. The minimum atomic E-state index is -1.14. The lowest BCUT2D eigenvalue weighted by atomic mass is 9.91. The number of amides is 2. The van der Waals surface area contributed by atoms with Crippen molar-refractivity contribution in [1.82, 2.24) is 15.6 Å². The molecular weight excluding hydrogens is 402 g/mol. The third-order valence-electron chi connectivity index (χ3n) is 6.22. The molecule has 3 aromatic rings. The number of ether oxygens (including phenoxy) is 1. The van der Waals surface area contributed by atoms with Crippen LogP contribution in [-0.4, -0.2) is 35.2 Å². The summed E-state index contributed by atoms with van der Waals surface area (Å²) in [5.74, 6) is -0.220. The molecule has 3 N–H and O–H groups in total. The Morgan fingerprint density at radius 1 is 1.06 bits per heavy atom. The van der Waals surface area contributed by atoms with Gasteiger partial charge in [0.25, 0.3) is 0 Å². The molecule has 1 aromatic heterocycles. The topological polar surface area (TPSA) is 83.2 Å². The summed E-state index contributed by atoms with van der Waals surface area (Å²) in [4.78, 5) is 29.2. The molecule has 1 atom stereocenters. The second-order valence-corrected chi connectivity index (χ2v) is 8.80. The largest absolute Gasteiger partial charge is 0.446 e. The van der Waals surface area contributed by atoms with Gasteiger partial charge in [0.1, 0.15) is 11.6 Å². The summed E-state index contributed by atoms with van der Waals surface area (Å²) in [5, 5.41) is 6.94. The van der Waals surface area contributed by atoms with Gasteiger partial charge in [-0.3, -0.25) is 4.79 Å². The Balaban J connectivity index is 1.47. The van der Waals surface area contributed by atoms with Crippen molar-refractivity contribution in [1.29, 1.82) is 0 Å². The Morgan fingerprint density at radius 3 is 2.56 bits per heavy atom. The molecule has 0 saturated heterocycles. The first kappa shape index (κ1) is 21.9. The number of nitrogens with one attached hydrogen (secondary N) is 3. The molecular formula is C26H31N3O3. The second kappa shape index (κ2) is 9.90. The number of aromatic nitrogens is 1. The number of H-pyrrole nitrogens is 1. The van der Waals surface area contributed by atoms with Crippen LogP contribution in [0.4, 0.5) is 4.79 Å². The highest BCUT2D eigenvalue weighted by molar-refractivity contribution is 5.91. The van der Waals surface area contributed by atoms with E-state index in [2.05, 4.69) is 15.6 Å². The molecule has 0 aliphatic heterocycles. The molecule has 32 heavy (non-hydrogen) atoms. The number of fused-ring (bicyclic) bond motifs is 1. The van der Waals surface area contributed by atoms with Crippen LogP contribution < -0.4 is 10.6 Å². The van der Waals surface area contributed by atoms with Gasteiger partial charge in [-0.1, -0.05) is 48.5 Å². The van der Waals surface area contributed by atoms with E-state index in [4.69, 9.17) is 4.74 Å². The fourth-order valence-corrected chi connectivity index (χ4v) is 4.41. The highest BCUT2D eigenvalue weighted by atomic mass is 16.6. The Bertz CT molecular complexity index is 1060. The number of alkyl carbamates (subject to hydrolysis) is 1. The molecule has 1 aliphatic carbocycles. The Labute approximate surface area is 188 Å². The number of hydrogen-bond acceptors (Lipinski definition) is 3. The van der Waals surface area contributed by atoms with E-state index >= 15 is 0 Å². The number of hydrogen-bond donors (Lipinski definition) is 3. The van der Waals surface area contributed by atoms with Crippen molar-refractivity contribution in [2.45, 2.75) is 57.1 Å². The molecule has 0 spiro atoms. The lowest BCUT2D eigenvalue weighted by Crippen LogP contribution is -2.58. The lowest BCUT2D eigenvalue weighted by Gasteiger charge is -2.30. The third-order valence-corrected chi connectivity index (χ3v) is 6.22. The van der Waals surface area contributed by atoms with Crippen molar-refractivity contribution in [2.24, 2.45) is 0 Å². The Hall–Kier alpha value is -3.28. The molecule has 1 saturated carbocycles. The smallest absolute Gasteiger partial charge is 0.408 e. The fourth-order valence-electron chi connectivity index (χ4n) is 4.41. The zero-order valence-corrected chi connectivity index (χ0v) is 18.5. The molecule has 168 valence electrons. The van der Waals surface area contributed by atoms with Crippen LogP contribution in [0, 0.1) is 0 Å². The van der Waals surface area contributed by atoms with Gasteiger partial charge < -0.3 is 20.4 Å². The van der Waals surface area contributed by atoms with Gasteiger partial charge in [0.15, 0.2) is 0 Å². The van der Waals surface area contributed by atoms with Crippen molar-refractivity contribution in [3.8, 4) is 0 Å². The first-order valence-corrected chi connectivity index (χ1v) is 11.4. The van der Waals surface area contributed by atoms with Crippen molar-refractivity contribution in [3.63, 3.8) is 0 Å². The van der Waals surface area contributed by atoms with Crippen molar-refractivity contribution < 1.29 is 14.3 Å². The maximum Gasteiger partial charge on any atom is 0.408 e. The van der Waals surface area contributed by atoms with E-state index in [9.17, 15) is 9.59 Å². The molecule has 1 heterocycles. The number of para-hydroxylation sites is 1. The van der Waals surface area contributed by atoms with Crippen molar-refractivity contribution in [3.05, 3.63) is 71.9 Å². The predicted molar refractivity (Wildman–Crippen MR) is 125 cm³/mol. The van der Waals surface area contributed by atoms with E-state index in [0.29, 0.717) is 13.0 Å². The first-order chi connectivity index (χ1) is 15.5. The second-order valence-electron chi connectivity index (χ2n) is 8.80. The van der Waals surface area contributed by atoms with Crippen LogP contribution in [0.15, 0.2) is 60.8 Å². The summed E-state index contributed by atoms with van der Waals surface area (Å²) in [7, 11) is 0. The summed E-state index contributed by atoms with van der Waals surface area (Å²) >= 11 is 0. The van der Waals surface area contributed by atoms with Gasteiger partial charge in [0, 0.05) is 30.1 Å². The number of carbonyl (C=O) groups excluding carboxylic acids is 2. The maximum atomic E-state index is 13.3. The van der Waals surface area contributed by atoms with E-state index in [1.54, 1.807) is 6.92 Å². The van der Waals surface area contributed by atoms with E-state index < -0.39 is 11.6 Å². The fraction of sp³-hybridized carbons (Fsp3) is 0.385. The Kier molecular flexibility index (Phi) is 6.78. The molecule has 4 rings (SSSR count). The average Bonchev–Trinajstić information content (AvgIpc) is 3.44. The van der Waals surface area contributed by atoms with Gasteiger partial charge in [0.2, 0.25) is 5.91 Å². The molecule has 0 radical (unpaired) electrons. The SMILES string of the molecule is CC(Cc1c[nH]c2ccccc12)(NC(=O)OC1CCCC1)C(=O)NCCc1ccccc1. The number of aromatic amines is 1. The quantitative estimate of drug-likeness (QED) is 0.489. The van der Waals surface area contributed by atoms with Crippen LogP contribution in [0.5, 0.6) is 0 Å². The van der Waals surface area contributed by atoms with E-state index in [1.807, 2.05) is 60.8 Å². The molecule has 1 aliphatic rings. The number of carbonyl (C=O) groups is 2. The molecule has 1 fully saturated rings.